The van der Waals surface area contributed by atoms with E-state index in [1.165, 1.54) is 11.0 Å². The predicted octanol–water partition coefficient (Wildman–Crippen LogP) is 4.04. The first kappa shape index (κ1) is 24.9. The number of halogens is 1. The molecule has 178 valence electrons. The molecule has 34 heavy (non-hydrogen) atoms. The van der Waals surface area contributed by atoms with E-state index in [1.54, 1.807) is 37.3 Å². The van der Waals surface area contributed by atoms with E-state index < -0.39 is 23.3 Å². The highest BCUT2D eigenvalue weighted by Gasteiger charge is 2.36. The number of hydrogen-bond acceptors (Lipinski definition) is 5. The summed E-state index contributed by atoms with van der Waals surface area (Å²) in [7, 11) is 0. The quantitative estimate of drug-likeness (QED) is 0.645. The van der Waals surface area contributed by atoms with Crippen LogP contribution in [0.4, 0.5) is 4.39 Å². The van der Waals surface area contributed by atoms with Crippen LogP contribution in [0.15, 0.2) is 47.5 Å². The molecule has 1 aliphatic rings. The van der Waals surface area contributed by atoms with E-state index in [0.29, 0.717) is 17.0 Å². The van der Waals surface area contributed by atoms with Crippen LogP contribution in [-0.4, -0.2) is 28.2 Å². The zero-order valence-corrected chi connectivity index (χ0v) is 19.9. The minimum absolute atomic E-state index is 0.0176. The minimum atomic E-state index is -0.591. The summed E-state index contributed by atoms with van der Waals surface area (Å²) in [5, 5.41) is 11.9. The number of hydrogen-bond donors (Lipinski definition) is 2. The van der Waals surface area contributed by atoms with Crippen LogP contribution in [0.1, 0.15) is 73.6 Å². The third-order valence-corrected chi connectivity index (χ3v) is 5.77. The Balaban J connectivity index is 1.77. The molecule has 0 bridgehead atoms. The van der Waals surface area contributed by atoms with E-state index in [4.69, 9.17) is 11.0 Å². The zero-order valence-electron chi connectivity index (χ0n) is 19.9. The molecule has 0 aromatic heterocycles. The third kappa shape index (κ3) is 5.98. The zero-order chi connectivity index (χ0) is 25.0. The van der Waals surface area contributed by atoms with Crippen molar-refractivity contribution in [3.05, 3.63) is 70.5 Å². The second kappa shape index (κ2) is 10.0. The standard InChI is InChI=1S/C26H30FN5O2/c1-16(2)12-26(4)13-23(33)32(25(29)31-26)15-19-9-21(11-22(27)10-19)24(34)30-17(3)20-7-5-6-18(8-20)14-28/h5-11,16-17H,12-13,15H2,1-4H3,(H2,29,31)(H,30,34). The molecule has 0 fully saturated rings. The number of aliphatic imine (C=N–C) groups is 1. The number of benzene rings is 2. The highest BCUT2D eigenvalue weighted by atomic mass is 19.1. The number of nitrogens with one attached hydrogen (secondary N) is 1. The van der Waals surface area contributed by atoms with Gasteiger partial charge in [-0.15, -0.1) is 0 Å². The molecular weight excluding hydrogens is 433 g/mol. The lowest BCUT2D eigenvalue weighted by atomic mass is 9.87. The SMILES string of the molecule is CC(C)CC1(C)CC(=O)N(Cc2cc(F)cc(C(=O)NC(C)c3cccc(C#N)c3)c2)C(N)=N1. The third-order valence-electron chi connectivity index (χ3n) is 5.77. The van der Waals surface area contributed by atoms with Crippen molar-refractivity contribution in [1.29, 1.82) is 5.26 Å². The second-order valence-corrected chi connectivity index (χ2v) is 9.50. The van der Waals surface area contributed by atoms with Crippen LogP contribution in [0.5, 0.6) is 0 Å². The Morgan fingerprint density at radius 3 is 2.68 bits per heavy atom. The molecule has 0 radical (unpaired) electrons. The second-order valence-electron chi connectivity index (χ2n) is 9.50. The summed E-state index contributed by atoms with van der Waals surface area (Å²) in [6.45, 7) is 7.84. The molecule has 8 heteroatoms. The number of nitriles is 1. The van der Waals surface area contributed by atoms with Gasteiger partial charge in [-0.05, 0) is 67.6 Å². The summed E-state index contributed by atoms with van der Waals surface area (Å²) in [6.07, 6.45) is 0.945. The average molecular weight is 464 g/mol. The number of carbonyl (C=O) groups is 2. The Morgan fingerprint density at radius 2 is 2.03 bits per heavy atom. The lowest BCUT2D eigenvalue weighted by Crippen LogP contribution is -2.50. The summed E-state index contributed by atoms with van der Waals surface area (Å²) >= 11 is 0. The van der Waals surface area contributed by atoms with E-state index in [-0.39, 0.29) is 30.4 Å². The molecule has 2 aromatic carbocycles. The highest BCUT2D eigenvalue weighted by Crippen LogP contribution is 2.29. The number of nitrogens with zero attached hydrogens (tertiary/aromatic N) is 3. The van der Waals surface area contributed by atoms with Gasteiger partial charge in [-0.3, -0.25) is 14.5 Å². The van der Waals surface area contributed by atoms with E-state index in [0.717, 1.165) is 18.1 Å². The fourth-order valence-corrected chi connectivity index (χ4v) is 4.39. The Hall–Kier alpha value is -3.73. The number of rotatable bonds is 7. The summed E-state index contributed by atoms with van der Waals surface area (Å²) in [6, 6.07) is 12.6. The van der Waals surface area contributed by atoms with Crippen molar-refractivity contribution in [3.8, 4) is 6.07 Å². The van der Waals surface area contributed by atoms with Crippen molar-refractivity contribution >= 4 is 17.8 Å². The van der Waals surface area contributed by atoms with Gasteiger partial charge in [-0.1, -0.05) is 26.0 Å². The first-order valence-corrected chi connectivity index (χ1v) is 11.3. The maximum atomic E-state index is 14.4. The van der Waals surface area contributed by atoms with E-state index in [1.807, 2.05) is 6.92 Å². The van der Waals surface area contributed by atoms with E-state index in [2.05, 4.69) is 30.2 Å². The fraction of sp³-hybridized carbons (Fsp3) is 0.385. The fourth-order valence-electron chi connectivity index (χ4n) is 4.39. The molecule has 2 atom stereocenters. The van der Waals surface area contributed by atoms with Crippen LogP contribution in [0, 0.1) is 23.1 Å². The number of nitrogens with two attached hydrogens (primary N) is 1. The van der Waals surface area contributed by atoms with Crippen molar-refractivity contribution in [3.63, 3.8) is 0 Å². The van der Waals surface area contributed by atoms with Crippen LogP contribution >= 0.6 is 0 Å². The van der Waals surface area contributed by atoms with Crippen LogP contribution in [0.25, 0.3) is 0 Å². The molecule has 2 aromatic rings. The van der Waals surface area contributed by atoms with E-state index >= 15 is 0 Å². The van der Waals surface area contributed by atoms with Gasteiger partial charge < -0.3 is 11.1 Å². The van der Waals surface area contributed by atoms with Crippen molar-refractivity contribution < 1.29 is 14.0 Å². The summed E-state index contributed by atoms with van der Waals surface area (Å²) in [5.74, 6) is -0.786. The van der Waals surface area contributed by atoms with Gasteiger partial charge in [-0.2, -0.15) is 5.26 Å². The summed E-state index contributed by atoms with van der Waals surface area (Å²) in [5.41, 5.74) is 7.37. The molecule has 2 unspecified atom stereocenters. The maximum absolute atomic E-state index is 14.4. The van der Waals surface area contributed by atoms with Gasteiger partial charge in [0.05, 0.1) is 36.2 Å². The molecule has 0 aliphatic carbocycles. The molecule has 7 nitrogen and oxygen atoms in total. The normalized spacial score (nSPS) is 18.9. The Morgan fingerprint density at radius 1 is 1.29 bits per heavy atom. The van der Waals surface area contributed by atoms with Crippen molar-refractivity contribution in [2.75, 3.05) is 0 Å². The van der Waals surface area contributed by atoms with Crippen LogP contribution in [0.2, 0.25) is 0 Å². The number of guanidine groups is 1. The molecule has 3 N–H and O–H groups in total. The topological polar surface area (TPSA) is 112 Å². The van der Waals surface area contributed by atoms with Crippen molar-refractivity contribution in [1.82, 2.24) is 10.2 Å². The first-order valence-electron chi connectivity index (χ1n) is 11.3. The van der Waals surface area contributed by atoms with Crippen LogP contribution < -0.4 is 11.1 Å². The number of carbonyl (C=O) groups excluding carboxylic acids is 2. The molecule has 0 spiro atoms. The smallest absolute Gasteiger partial charge is 0.251 e. The van der Waals surface area contributed by atoms with Gasteiger partial charge >= 0.3 is 0 Å². The Labute approximate surface area is 199 Å². The van der Waals surface area contributed by atoms with Crippen molar-refractivity contribution in [2.45, 2.75) is 58.7 Å². The van der Waals surface area contributed by atoms with Gasteiger partial charge in [0, 0.05) is 5.56 Å². The average Bonchev–Trinajstić information content (AvgIpc) is 2.75. The lowest BCUT2D eigenvalue weighted by molar-refractivity contribution is -0.130. The highest BCUT2D eigenvalue weighted by molar-refractivity contribution is 5.99. The van der Waals surface area contributed by atoms with Gasteiger partial charge in [0.2, 0.25) is 5.91 Å². The van der Waals surface area contributed by atoms with Gasteiger partial charge in [0.15, 0.2) is 5.96 Å². The van der Waals surface area contributed by atoms with E-state index in [9.17, 15) is 14.0 Å². The van der Waals surface area contributed by atoms with Crippen LogP contribution in [-0.2, 0) is 11.3 Å². The molecular formula is C26H30FN5O2. The minimum Gasteiger partial charge on any atom is -0.369 e. The van der Waals surface area contributed by atoms with Crippen LogP contribution in [0.3, 0.4) is 0 Å². The monoisotopic (exact) mass is 463 g/mol. The lowest BCUT2D eigenvalue weighted by Gasteiger charge is -2.36. The molecule has 0 saturated heterocycles. The largest absolute Gasteiger partial charge is 0.369 e. The Bertz CT molecular complexity index is 1170. The first-order chi connectivity index (χ1) is 16.0. The summed E-state index contributed by atoms with van der Waals surface area (Å²) < 4.78 is 14.4. The van der Waals surface area contributed by atoms with Gasteiger partial charge in [-0.25, -0.2) is 9.38 Å². The van der Waals surface area contributed by atoms with Crippen molar-refractivity contribution in [2.24, 2.45) is 16.6 Å². The molecule has 1 heterocycles. The number of amides is 2. The maximum Gasteiger partial charge on any atom is 0.251 e. The molecule has 0 saturated carbocycles. The molecule has 1 aliphatic heterocycles. The Kier molecular flexibility index (Phi) is 7.35. The van der Waals surface area contributed by atoms with Gasteiger partial charge in [0.1, 0.15) is 5.82 Å². The van der Waals surface area contributed by atoms with Gasteiger partial charge in [0.25, 0.3) is 5.91 Å². The predicted molar refractivity (Wildman–Crippen MR) is 128 cm³/mol. The molecule has 2 amide bonds. The molecule has 3 rings (SSSR count). The summed E-state index contributed by atoms with van der Waals surface area (Å²) in [4.78, 5) is 31.5.